The molecule has 0 amide bonds. The molecule has 64 valence electrons. The van der Waals surface area contributed by atoms with Crippen molar-refractivity contribution in [2.45, 2.75) is 0 Å². The van der Waals surface area contributed by atoms with Gasteiger partial charge in [0, 0.05) is 0 Å². The maximum absolute atomic E-state index is 10.2. The van der Waals surface area contributed by atoms with E-state index in [9.17, 15) is 8.22 Å². The van der Waals surface area contributed by atoms with E-state index in [1.54, 1.807) is 0 Å². The fraction of sp³-hybridized carbons (Fsp3) is 0. The molecule has 0 aromatic heterocycles. The Hall–Kier alpha value is 2.82. The zero-order valence-electron chi connectivity index (χ0n) is 6.33. The zero-order valence-corrected chi connectivity index (χ0v) is 20.4. The molecule has 0 atom stereocenters. The van der Waals surface area contributed by atoms with E-state index in [0.717, 1.165) is 0 Å². The molecule has 0 aromatic carbocycles. The van der Waals surface area contributed by atoms with E-state index >= 15 is 0 Å². The van der Waals surface area contributed by atoms with Crippen molar-refractivity contribution in [3.8, 4) is 0 Å². The summed E-state index contributed by atoms with van der Waals surface area (Å²) in [4.78, 5) is 50.8. The van der Waals surface area contributed by atoms with Crippen molar-refractivity contribution in [2.75, 3.05) is 0 Å². The van der Waals surface area contributed by atoms with E-state index in [-0.39, 0.29) is 81.9 Å². The molecule has 0 aliphatic heterocycles. The molecular formula is Cd3F2O6Si2. The van der Waals surface area contributed by atoms with Gasteiger partial charge in [-0.25, -0.2) is 0 Å². The van der Waals surface area contributed by atoms with Gasteiger partial charge in [-0.05, 0) is 0 Å². The summed E-state index contributed by atoms with van der Waals surface area (Å²) in [7, 11) is -11.7. The Morgan fingerprint density at radius 1 is 0.538 bits per heavy atom. The minimum atomic E-state index is -5.86. The van der Waals surface area contributed by atoms with Gasteiger partial charge < -0.3 is 37.0 Å². The normalized spacial score (nSPS) is 9.23. The number of hydrogen-bond donors (Lipinski definition) is 0. The molecule has 0 radical (unpaired) electrons. The van der Waals surface area contributed by atoms with Crippen molar-refractivity contribution < 1.29 is 119 Å². The van der Waals surface area contributed by atoms with Gasteiger partial charge in [0.15, 0.2) is 0 Å². The molecule has 0 aromatic rings. The number of rotatable bonds is 0. The van der Waals surface area contributed by atoms with Gasteiger partial charge in [0.05, 0.1) is 0 Å². The minimum absolute atomic E-state index is 0. The van der Waals surface area contributed by atoms with Gasteiger partial charge >= 0.3 is 81.9 Å². The molecule has 0 aliphatic carbocycles. The van der Waals surface area contributed by atoms with Crippen LogP contribution in [0.2, 0.25) is 0 Å². The third-order valence-electron chi connectivity index (χ3n) is 0. The van der Waals surface area contributed by atoms with Crippen molar-refractivity contribution in [1.29, 1.82) is 0 Å². The van der Waals surface area contributed by atoms with Crippen molar-refractivity contribution in [2.24, 2.45) is 0 Å². The number of halogens is 2. The fourth-order valence-corrected chi connectivity index (χ4v) is 0. The molecule has 0 fully saturated rings. The fourth-order valence-electron chi connectivity index (χ4n) is 0. The molecular weight excluding hydrogens is 527 g/mol. The summed E-state index contributed by atoms with van der Waals surface area (Å²) in [5.74, 6) is 0. The predicted octanol–water partition coefficient (Wildman–Crippen LogP) is -7.06. The van der Waals surface area contributed by atoms with Crippen LogP contribution in [-0.4, -0.2) is 18.3 Å². The summed E-state index contributed by atoms with van der Waals surface area (Å²) in [6.45, 7) is 0. The average molecular weight is 527 g/mol. The van der Waals surface area contributed by atoms with Gasteiger partial charge in [0.1, 0.15) is 0 Å². The molecule has 0 aliphatic rings. The maximum Gasteiger partial charge on any atom is 2.00 e. The second kappa shape index (κ2) is 12.9. The standard InChI is InChI=1S/3Cd.2FO3Si/c;;;2*1-5(2,3)4/q3*+2;2*-3. The summed E-state index contributed by atoms with van der Waals surface area (Å²) in [5.41, 5.74) is 0. The van der Waals surface area contributed by atoms with Crippen LogP contribution in [0.15, 0.2) is 0 Å². The van der Waals surface area contributed by atoms with E-state index in [1.165, 1.54) is 0 Å². The first kappa shape index (κ1) is 29.7. The molecule has 13 heteroatoms. The first-order chi connectivity index (χ1) is 4.00. The van der Waals surface area contributed by atoms with Gasteiger partial charge in [-0.15, -0.1) is 0 Å². The van der Waals surface area contributed by atoms with Crippen LogP contribution in [0.5, 0.6) is 0 Å². The Balaban J connectivity index is -0.0000000267. The minimum Gasteiger partial charge on any atom is -0.857 e. The maximum atomic E-state index is 10.2. The SMILES string of the molecule is [Cd+2].[Cd+2].[Cd+2].[O-][Si]([O-])([O-])F.[O-][Si]([O-])([O-])F. The zero-order chi connectivity index (χ0) is 9.00. The van der Waals surface area contributed by atoms with Crippen molar-refractivity contribution in [3.63, 3.8) is 0 Å². The van der Waals surface area contributed by atoms with Gasteiger partial charge in [-0.2, -0.15) is 0 Å². The Labute approximate surface area is 135 Å². The summed E-state index contributed by atoms with van der Waals surface area (Å²) in [6.07, 6.45) is 0. The first-order valence-electron chi connectivity index (χ1n) is 1.60. The van der Waals surface area contributed by atoms with Gasteiger partial charge in [0.2, 0.25) is 0 Å². The number of hydrogen-bond acceptors (Lipinski definition) is 6. The monoisotopic (exact) mass is 532 g/mol. The quantitative estimate of drug-likeness (QED) is 0.227. The Morgan fingerprint density at radius 2 is 0.538 bits per heavy atom. The van der Waals surface area contributed by atoms with Crippen LogP contribution in [-0.2, 0) is 81.9 Å². The molecule has 0 N–H and O–H groups in total. The molecule has 0 heterocycles. The van der Waals surface area contributed by atoms with Crippen molar-refractivity contribution in [3.05, 3.63) is 0 Å². The summed E-state index contributed by atoms with van der Waals surface area (Å²) in [5, 5.41) is 0. The van der Waals surface area contributed by atoms with E-state index in [4.69, 9.17) is 28.8 Å². The largest absolute Gasteiger partial charge is 2.00 e. The Morgan fingerprint density at radius 3 is 0.538 bits per heavy atom. The predicted molar refractivity (Wildman–Crippen MR) is 13.7 cm³/mol. The van der Waals surface area contributed by atoms with Crippen LogP contribution in [0, 0.1) is 0 Å². The average Bonchev–Trinajstić information content (AvgIpc) is 1.12. The van der Waals surface area contributed by atoms with Crippen LogP contribution in [0.3, 0.4) is 0 Å². The molecule has 0 unspecified atom stereocenters. The molecule has 0 spiro atoms. The Kier molecular flexibility index (Phi) is 29.4. The van der Waals surface area contributed by atoms with Gasteiger partial charge in [-0.1, -0.05) is 18.3 Å². The van der Waals surface area contributed by atoms with Crippen molar-refractivity contribution in [1.82, 2.24) is 0 Å². The van der Waals surface area contributed by atoms with Gasteiger partial charge in [0.25, 0.3) is 0 Å². The molecule has 13 heavy (non-hydrogen) atoms. The summed E-state index contributed by atoms with van der Waals surface area (Å²) in [6, 6.07) is 0. The van der Waals surface area contributed by atoms with E-state index in [2.05, 4.69) is 0 Å². The van der Waals surface area contributed by atoms with Crippen LogP contribution in [0.25, 0.3) is 0 Å². The Bertz CT molecular complexity index is 66.9. The first-order valence-corrected chi connectivity index (χ1v) is 4.81. The molecule has 0 saturated carbocycles. The van der Waals surface area contributed by atoms with Crippen molar-refractivity contribution >= 4 is 18.3 Å². The summed E-state index contributed by atoms with van der Waals surface area (Å²) < 4.78 is 20.3. The van der Waals surface area contributed by atoms with Crippen LogP contribution < -0.4 is 28.8 Å². The van der Waals surface area contributed by atoms with E-state index in [1.807, 2.05) is 0 Å². The van der Waals surface area contributed by atoms with E-state index in [0.29, 0.717) is 0 Å². The van der Waals surface area contributed by atoms with Gasteiger partial charge in [-0.3, -0.25) is 0 Å². The second-order valence-corrected chi connectivity index (χ2v) is 2.89. The van der Waals surface area contributed by atoms with Crippen LogP contribution >= 0.6 is 0 Å². The topological polar surface area (TPSA) is 138 Å². The van der Waals surface area contributed by atoms with E-state index < -0.39 is 18.3 Å². The summed E-state index contributed by atoms with van der Waals surface area (Å²) >= 11 is 0. The third-order valence-corrected chi connectivity index (χ3v) is 0. The molecule has 0 rings (SSSR count). The second-order valence-electron chi connectivity index (χ2n) is 0.963. The third kappa shape index (κ3) is 306. The smallest absolute Gasteiger partial charge is 0.857 e. The molecule has 0 saturated heterocycles. The van der Waals surface area contributed by atoms with Crippen LogP contribution in [0.1, 0.15) is 0 Å². The molecule has 6 nitrogen and oxygen atoms in total. The van der Waals surface area contributed by atoms with Crippen LogP contribution in [0.4, 0.5) is 8.22 Å². The molecule has 0 bridgehead atoms.